The van der Waals surface area contributed by atoms with Gasteiger partial charge in [0.05, 0.1) is 18.3 Å². The first-order valence-corrected chi connectivity index (χ1v) is 5.39. The van der Waals surface area contributed by atoms with Gasteiger partial charge in [-0.15, -0.1) is 10.2 Å². The molecule has 6 nitrogen and oxygen atoms in total. The lowest BCUT2D eigenvalue weighted by molar-refractivity contribution is 0.425. The first-order valence-electron chi connectivity index (χ1n) is 5.39. The van der Waals surface area contributed by atoms with Crippen LogP contribution in [0.25, 0.3) is 11.4 Å². The number of rotatable bonds is 1. The monoisotopic (exact) mass is 218 g/mol. The van der Waals surface area contributed by atoms with Crippen LogP contribution in [0.5, 0.6) is 0 Å². The van der Waals surface area contributed by atoms with E-state index in [1.54, 1.807) is 4.68 Å². The minimum Gasteiger partial charge on any atom is -0.308 e. The van der Waals surface area contributed by atoms with Gasteiger partial charge in [-0.25, -0.2) is 0 Å². The molecule has 16 heavy (non-hydrogen) atoms. The molecule has 0 unspecified atom stereocenters. The number of aromatic nitrogens is 5. The number of aryl methyl sites for hydroxylation is 1. The summed E-state index contributed by atoms with van der Waals surface area (Å²) in [5.74, 6) is 1.91. The van der Waals surface area contributed by atoms with Crippen LogP contribution in [0.2, 0.25) is 0 Å². The fourth-order valence-electron chi connectivity index (χ4n) is 2.13. The van der Waals surface area contributed by atoms with E-state index in [0.717, 1.165) is 30.3 Å². The van der Waals surface area contributed by atoms with E-state index in [-0.39, 0.29) is 0 Å². The van der Waals surface area contributed by atoms with Gasteiger partial charge >= 0.3 is 0 Å². The van der Waals surface area contributed by atoms with Crippen molar-refractivity contribution in [2.45, 2.75) is 19.5 Å². The summed E-state index contributed by atoms with van der Waals surface area (Å²) in [6.45, 7) is 3.91. The molecule has 0 fully saturated rings. The van der Waals surface area contributed by atoms with Gasteiger partial charge < -0.3 is 9.88 Å². The largest absolute Gasteiger partial charge is 0.308 e. The molecule has 0 radical (unpaired) electrons. The number of hydrogen-bond donors (Lipinski definition) is 1. The van der Waals surface area contributed by atoms with Crippen molar-refractivity contribution < 1.29 is 0 Å². The van der Waals surface area contributed by atoms with Crippen LogP contribution in [0.3, 0.4) is 0 Å². The highest BCUT2D eigenvalue weighted by atomic mass is 15.3. The molecule has 0 amide bonds. The molecule has 0 bridgehead atoms. The molecular formula is C10H14N6. The van der Waals surface area contributed by atoms with Gasteiger partial charge in [0, 0.05) is 25.8 Å². The zero-order valence-electron chi connectivity index (χ0n) is 9.38. The highest BCUT2D eigenvalue weighted by molar-refractivity contribution is 5.53. The van der Waals surface area contributed by atoms with E-state index in [0.29, 0.717) is 6.04 Å². The fraction of sp³-hybridized carbons (Fsp3) is 0.500. The molecule has 1 N–H and O–H groups in total. The zero-order valence-corrected chi connectivity index (χ0v) is 9.38. The average molecular weight is 218 g/mol. The van der Waals surface area contributed by atoms with E-state index in [2.05, 4.69) is 32.1 Å². The normalized spacial score (nSPS) is 19.8. The van der Waals surface area contributed by atoms with Gasteiger partial charge in [0.1, 0.15) is 5.82 Å². The molecule has 1 atom stereocenters. The molecule has 84 valence electrons. The van der Waals surface area contributed by atoms with Gasteiger partial charge in [0.2, 0.25) is 0 Å². The predicted molar refractivity (Wildman–Crippen MR) is 58.6 cm³/mol. The SMILES string of the molecule is C[C@H]1CNCc2nnc(-c3cnn(C)c3)n21. The Morgan fingerprint density at radius 2 is 2.31 bits per heavy atom. The van der Waals surface area contributed by atoms with Gasteiger partial charge in [0.15, 0.2) is 5.82 Å². The number of fused-ring (bicyclic) bond motifs is 1. The quantitative estimate of drug-likeness (QED) is 0.750. The Balaban J connectivity index is 2.12. The van der Waals surface area contributed by atoms with E-state index in [4.69, 9.17) is 0 Å². The van der Waals surface area contributed by atoms with Crippen LogP contribution in [0, 0.1) is 0 Å². The van der Waals surface area contributed by atoms with E-state index >= 15 is 0 Å². The summed E-state index contributed by atoms with van der Waals surface area (Å²) in [6.07, 6.45) is 3.79. The van der Waals surface area contributed by atoms with Crippen LogP contribution >= 0.6 is 0 Å². The van der Waals surface area contributed by atoms with Crippen molar-refractivity contribution in [3.63, 3.8) is 0 Å². The lowest BCUT2D eigenvalue weighted by Crippen LogP contribution is -2.31. The molecule has 0 spiro atoms. The van der Waals surface area contributed by atoms with E-state index < -0.39 is 0 Å². The van der Waals surface area contributed by atoms with Crippen LogP contribution in [-0.4, -0.2) is 31.1 Å². The van der Waals surface area contributed by atoms with E-state index in [1.165, 1.54) is 0 Å². The zero-order chi connectivity index (χ0) is 11.1. The topological polar surface area (TPSA) is 60.6 Å². The van der Waals surface area contributed by atoms with E-state index in [9.17, 15) is 0 Å². The Morgan fingerprint density at radius 3 is 3.06 bits per heavy atom. The van der Waals surface area contributed by atoms with Gasteiger partial charge in [-0.05, 0) is 6.92 Å². The van der Waals surface area contributed by atoms with Crippen LogP contribution in [0.1, 0.15) is 18.8 Å². The summed E-state index contributed by atoms with van der Waals surface area (Å²) >= 11 is 0. The Morgan fingerprint density at radius 1 is 1.44 bits per heavy atom. The maximum atomic E-state index is 4.25. The fourth-order valence-corrected chi connectivity index (χ4v) is 2.13. The molecule has 3 rings (SSSR count). The molecule has 2 aromatic rings. The van der Waals surface area contributed by atoms with Crippen molar-refractivity contribution in [3.8, 4) is 11.4 Å². The molecule has 1 aliphatic heterocycles. The Kier molecular flexibility index (Phi) is 2.03. The summed E-state index contributed by atoms with van der Waals surface area (Å²) in [7, 11) is 1.90. The van der Waals surface area contributed by atoms with Gasteiger partial charge in [-0.2, -0.15) is 5.10 Å². The molecule has 6 heteroatoms. The van der Waals surface area contributed by atoms with E-state index in [1.807, 2.05) is 19.4 Å². The lowest BCUT2D eigenvalue weighted by Gasteiger charge is -2.23. The molecule has 0 aromatic carbocycles. The summed E-state index contributed by atoms with van der Waals surface area (Å²) in [6, 6.07) is 0.383. The minimum absolute atomic E-state index is 0.383. The molecule has 0 saturated carbocycles. The summed E-state index contributed by atoms with van der Waals surface area (Å²) < 4.78 is 3.97. The Bertz CT molecular complexity index is 511. The summed E-state index contributed by atoms with van der Waals surface area (Å²) in [5.41, 5.74) is 1.02. The van der Waals surface area contributed by atoms with Crippen LogP contribution in [0.4, 0.5) is 0 Å². The van der Waals surface area contributed by atoms with Crippen LogP contribution < -0.4 is 5.32 Å². The Labute approximate surface area is 93.3 Å². The van der Waals surface area contributed by atoms with Crippen molar-refractivity contribution >= 4 is 0 Å². The van der Waals surface area contributed by atoms with Gasteiger partial charge in [-0.1, -0.05) is 0 Å². The maximum Gasteiger partial charge on any atom is 0.167 e. The molecular weight excluding hydrogens is 204 g/mol. The molecule has 3 heterocycles. The van der Waals surface area contributed by atoms with Gasteiger partial charge in [-0.3, -0.25) is 4.68 Å². The third-order valence-corrected chi connectivity index (χ3v) is 2.89. The smallest absolute Gasteiger partial charge is 0.167 e. The minimum atomic E-state index is 0.383. The standard InChI is InChI=1S/C10H14N6/c1-7-3-11-5-9-13-14-10(16(7)9)8-4-12-15(2)6-8/h4,6-7,11H,3,5H2,1-2H3/t7-/m0/s1. The maximum absolute atomic E-state index is 4.25. The first kappa shape index (κ1) is 9.53. The molecule has 1 aliphatic rings. The predicted octanol–water partition coefficient (Wildman–Crippen LogP) is 0.343. The average Bonchev–Trinajstić information content (AvgIpc) is 2.84. The third kappa shape index (κ3) is 1.34. The molecule has 0 saturated heterocycles. The molecule has 2 aromatic heterocycles. The molecule has 0 aliphatic carbocycles. The summed E-state index contributed by atoms with van der Waals surface area (Å²) in [4.78, 5) is 0. The van der Waals surface area contributed by atoms with Crippen molar-refractivity contribution in [1.29, 1.82) is 0 Å². The van der Waals surface area contributed by atoms with Crippen molar-refractivity contribution in [3.05, 3.63) is 18.2 Å². The second-order valence-corrected chi connectivity index (χ2v) is 4.19. The van der Waals surface area contributed by atoms with Crippen LogP contribution in [-0.2, 0) is 13.6 Å². The lowest BCUT2D eigenvalue weighted by atomic mass is 10.2. The Hall–Kier alpha value is -1.69. The number of hydrogen-bond acceptors (Lipinski definition) is 4. The van der Waals surface area contributed by atoms with Crippen molar-refractivity contribution in [2.24, 2.45) is 7.05 Å². The van der Waals surface area contributed by atoms with Crippen molar-refractivity contribution in [2.75, 3.05) is 6.54 Å². The van der Waals surface area contributed by atoms with Crippen LogP contribution in [0.15, 0.2) is 12.4 Å². The van der Waals surface area contributed by atoms with Crippen molar-refractivity contribution in [1.82, 2.24) is 29.9 Å². The van der Waals surface area contributed by atoms with Gasteiger partial charge in [0.25, 0.3) is 0 Å². The number of nitrogens with one attached hydrogen (secondary N) is 1. The second-order valence-electron chi connectivity index (χ2n) is 4.19. The second kappa shape index (κ2) is 3.41. The third-order valence-electron chi connectivity index (χ3n) is 2.89. The number of nitrogens with zero attached hydrogens (tertiary/aromatic N) is 5. The first-order chi connectivity index (χ1) is 7.75. The summed E-state index contributed by atoms with van der Waals surface area (Å²) in [5, 5.41) is 15.9. The highest BCUT2D eigenvalue weighted by Gasteiger charge is 2.22. The highest BCUT2D eigenvalue weighted by Crippen LogP contribution is 2.23.